The Morgan fingerprint density at radius 1 is 1.35 bits per heavy atom. The van der Waals surface area contributed by atoms with Crippen molar-refractivity contribution in [2.24, 2.45) is 5.92 Å². The minimum absolute atomic E-state index is 0.0248. The molecule has 1 N–H and O–H groups in total. The topological polar surface area (TPSA) is 61.9 Å². The van der Waals surface area contributed by atoms with Gasteiger partial charge in [-0.15, -0.1) is 0 Å². The van der Waals surface area contributed by atoms with Gasteiger partial charge in [0, 0.05) is 39.1 Å². The third-order valence-corrected chi connectivity index (χ3v) is 5.08. The lowest BCUT2D eigenvalue weighted by Gasteiger charge is -2.28. The molecular formula is C19H26FN3O3. The first-order chi connectivity index (χ1) is 12.5. The lowest BCUT2D eigenvalue weighted by Crippen LogP contribution is -2.42. The summed E-state index contributed by atoms with van der Waals surface area (Å²) in [4.78, 5) is 28.8. The van der Waals surface area contributed by atoms with Gasteiger partial charge >= 0.3 is 0 Å². The van der Waals surface area contributed by atoms with Crippen LogP contribution in [0.3, 0.4) is 0 Å². The van der Waals surface area contributed by atoms with E-state index in [0.29, 0.717) is 18.7 Å². The summed E-state index contributed by atoms with van der Waals surface area (Å²) in [6.45, 7) is 6.96. The van der Waals surface area contributed by atoms with Crippen LogP contribution in [-0.2, 0) is 14.3 Å². The Morgan fingerprint density at radius 2 is 2.12 bits per heavy atom. The van der Waals surface area contributed by atoms with Crippen molar-refractivity contribution in [1.29, 1.82) is 0 Å². The molecule has 2 amide bonds. The van der Waals surface area contributed by atoms with Crippen molar-refractivity contribution >= 4 is 11.8 Å². The molecule has 3 rings (SSSR count). The van der Waals surface area contributed by atoms with Crippen LogP contribution in [-0.4, -0.2) is 67.6 Å². The highest BCUT2D eigenvalue weighted by Gasteiger charge is 2.34. The van der Waals surface area contributed by atoms with Crippen LogP contribution in [0.25, 0.3) is 0 Å². The third kappa shape index (κ3) is 4.80. The van der Waals surface area contributed by atoms with Crippen molar-refractivity contribution in [3.8, 4) is 0 Å². The van der Waals surface area contributed by atoms with Crippen molar-refractivity contribution in [3.63, 3.8) is 0 Å². The molecule has 2 atom stereocenters. The van der Waals surface area contributed by atoms with E-state index < -0.39 is 0 Å². The number of carbonyl (C=O) groups is 2. The highest BCUT2D eigenvalue weighted by molar-refractivity contribution is 5.89. The molecule has 0 aliphatic carbocycles. The largest absolute Gasteiger partial charge is 0.379 e. The second-order valence-corrected chi connectivity index (χ2v) is 6.98. The molecule has 2 heterocycles. The summed E-state index contributed by atoms with van der Waals surface area (Å²) >= 11 is 0. The normalized spacial score (nSPS) is 22.5. The lowest BCUT2D eigenvalue weighted by atomic mass is 10.0. The van der Waals surface area contributed by atoms with Crippen LogP contribution in [0.4, 0.5) is 4.39 Å². The second kappa shape index (κ2) is 8.60. The van der Waals surface area contributed by atoms with Gasteiger partial charge in [0.05, 0.1) is 25.2 Å². The van der Waals surface area contributed by atoms with Crippen LogP contribution in [0.5, 0.6) is 0 Å². The average molecular weight is 363 g/mol. The van der Waals surface area contributed by atoms with Gasteiger partial charge in [0.1, 0.15) is 5.82 Å². The van der Waals surface area contributed by atoms with Gasteiger partial charge in [0.25, 0.3) is 0 Å². The molecule has 0 saturated carbocycles. The first-order valence-electron chi connectivity index (χ1n) is 9.16. The Labute approximate surface area is 153 Å². The Balaban J connectivity index is 1.48. The van der Waals surface area contributed by atoms with Gasteiger partial charge in [-0.1, -0.05) is 12.1 Å². The fourth-order valence-electron chi connectivity index (χ4n) is 3.44. The first-order valence-corrected chi connectivity index (χ1v) is 9.16. The Kier molecular flexibility index (Phi) is 6.21. The third-order valence-electron chi connectivity index (χ3n) is 5.08. The van der Waals surface area contributed by atoms with E-state index >= 15 is 0 Å². The zero-order valence-corrected chi connectivity index (χ0v) is 15.1. The first kappa shape index (κ1) is 18.8. The zero-order valence-electron chi connectivity index (χ0n) is 15.1. The maximum atomic E-state index is 13.3. The van der Waals surface area contributed by atoms with Crippen LogP contribution in [0, 0.1) is 11.7 Å². The summed E-state index contributed by atoms with van der Waals surface area (Å²) in [7, 11) is 0. The molecule has 7 heteroatoms. The molecule has 2 aliphatic rings. The Morgan fingerprint density at radius 3 is 2.85 bits per heavy atom. The van der Waals surface area contributed by atoms with Crippen molar-refractivity contribution in [3.05, 3.63) is 35.6 Å². The molecule has 0 bridgehead atoms. The second-order valence-electron chi connectivity index (χ2n) is 6.98. The molecule has 6 nitrogen and oxygen atoms in total. The fraction of sp³-hybridized carbons (Fsp3) is 0.579. The standard InChI is InChI=1S/C19H26FN3O3/c1-14(15-3-2-4-17(20)11-15)21-19(25)16-12-18(24)23(13-16)6-5-22-7-9-26-10-8-22/h2-4,11,14,16H,5-10,12-13H2,1H3,(H,21,25). The number of rotatable bonds is 6. The van der Waals surface area contributed by atoms with E-state index in [1.54, 1.807) is 17.0 Å². The number of carbonyl (C=O) groups excluding carboxylic acids is 2. The van der Waals surface area contributed by atoms with E-state index in [4.69, 9.17) is 4.74 Å². The number of likely N-dealkylation sites (tertiary alicyclic amines) is 1. The highest BCUT2D eigenvalue weighted by Crippen LogP contribution is 2.20. The van der Waals surface area contributed by atoms with E-state index in [2.05, 4.69) is 10.2 Å². The molecule has 0 radical (unpaired) electrons. The predicted molar refractivity (Wildman–Crippen MR) is 94.9 cm³/mol. The number of nitrogens with one attached hydrogen (secondary N) is 1. The number of halogens is 1. The van der Waals surface area contributed by atoms with E-state index in [0.717, 1.165) is 32.8 Å². The zero-order chi connectivity index (χ0) is 18.5. The molecule has 142 valence electrons. The Bertz CT molecular complexity index is 649. The van der Waals surface area contributed by atoms with Gasteiger partial charge < -0.3 is 15.0 Å². The molecule has 1 aromatic rings. The summed E-state index contributed by atoms with van der Waals surface area (Å²) in [5.74, 6) is -0.794. The molecule has 0 spiro atoms. The van der Waals surface area contributed by atoms with Crippen molar-refractivity contribution in [2.75, 3.05) is 45.9 Å². The number of morpholine rings is 1. The SMILES string of the molecule is CC(NC(=O)C1CC(=O)N(CCN2CCOCC2)C1)c1cccc(F)c1. The lowest BCUT2D eigenvalue weighted by molar-refractivity contribution is -0.129. The number of amides is 2. The van der Waals surface area contributed by atoms with Gasteiger partial charge in [0.15, 0.2) is 0 Å². The molecule has 2 aliphatic heterocycles. The summed E-state index contributed by atoms with van der Waals surface area (Å²) in [6, 6.07) is 5.90. The monoisotopic (exact) mass is 363 g/mol. The number of hydrogen-bond donors (Lipinski definition) is 1. The highest BCUT2D eigenvalue weighted by atomic mass is 19.1. The maximum absolute atomic E-state index is 13.3. The van der Waals surface area contributed by atoms with E-state index in [1.807, 2.05) is 6.92 Å². The predicted octanol–water partition coefficient (Wildman–Crippen LogP) is 1.18. The van der Waals surface area contributed by atoms with E-state index in [1.165, 1.54) is 12.1 Å². The number of ether oxygens (including phenoxy) is 1. The number of nitrogens with zero attached hydrogens (tertiary/aromatic N) is 2. The van der Waals surface area contributed by atoms with Crippen LogP contribution in [0.1, 0.15) is 24.9 Å². The molecule has 2 saturated heterocycles. The fourth-order valence-corrected chi connectivity index (χ4v) is 3.44. The van der Waals surface area contributed by atoms with Gasteiger partial charge in [0.2, 0.25) is 11.8 Å². The Hall–Kier alpha value is -1.99. The van der Waals surface area contributed by atoms with Crippen molar-refractivity contribution in [1.82, 2.24) is 15.1 Å². The molecule has 26 heavy (non-hydrogen) atoms. The van der Waals surface area contributed by atoms with Crippen molar-refractivity contribution < 1.29 is 18.7 Å². The molecule has 2 fully saturated rings. The molecule has 1 aromatic carbocycles. The van der Waals surface area contributed by atoms with Crippen LogP contribution in [0.2, 0.25) is 0 Å². The summed E-state index contributed by atoms with van der Waals surface area (Å²) in [5, 5.41) is 2.90. The number of hydrogen-bond acceptors (Lipinski definition) is 4. The minimum Gasteiger partial charge on any atom is -0.379 e. The minimum atomic E-state index is -0.344. The smallest absolute Gasteiger partial charge is 0.225 e. The van der Waals surface area contributed by atoms with Gasteiger partial charge in [-0.3, -0.25) is 14.5 Å². The van der Waals surface area contributed by atoms with E-state index in [9.17, 15) is 14.0 Å². The quantitative estimate of drug-likeness (QED) is 0.825. The van der Waals surface area contributed by atoms with Crippen LogP contribution in [0.15, 0.2) is 24.3 Å². The van der Waals surface area contributed by atoms with E-state index in [-0.39, 0.29) is 36.0 Å². The summed E-state index contributed by atoms with van der Waals surface area (Å²) < 4.78 is 18.7. The van der Waals surface area contributed by atoms with Gasteiger partial charge in [-0.25, -0.2) is 4.39 Å². The summed E-state index contributed by atoms with van der Waals surface area (Å²) in [6.07, 6.45) is 0.241. The van der Waals surface area contributed by atoms with Crippen LogP contribution < -0.4 is 5.32 Å². The summed E-state index contributed by atoms with van der Waals surface area (Å²) in [5.41, 5.74) is 0.715. The van der Waals surface area contributed by atoms with Crippen LogP contribution >= 0.6 is 0 Å². The number of benzene rings is 1. The molecule has 0 aromatic heterocycles. The maximum Gasteiger partial charge on any atom is 0.225 e. The molecule has 2 unspecified atom stereocenters. The van der Waals surface area contributed by atoms with Crippen molar-refractivity contribution in [2.45, 2.75) is 19.4 Å². The average Bonchev–Trinajstić information content (AvgIpc) is 3.02. The van der Waals surface area contributed by atoms with Gasteiger partial charge in [-0.05, 0) is 24.6 Å². The molecular weight excluding hydrogens is 337 g/mol. The van der Waals surface area contributed by atoms with Gasteiger partial charge in [-0.2, -0.15) is 0 Å².